The highest BCUT2D eigenvalue weighted by Crippen LogP contribution is 1.56. The molecule has 48 valence electrons. The van der Waals surface area contributed by atoms with Crippen LogP contribution in [0.3, 0.4) is 0 Å². The predicted molar refractivity (Wildman–Crippen MR) is 75.1 cm³/mol. The second-order valence-electron chi connectivity index (χ2n) is 3.20. The Morgan fingerprint density at radius 1 is 0.727 bits per heavy atom. The Labute approximate surface area is 77.1 Å². The molecule has 1 nitrogen and oxygen atoms in total. The molecule has 0 aromatic carbocycles. The van der Waals surface area contributed by atoms with Gasteiger partial charge in [0.2, 0.25) is 7.37 Å². The largest absolute Gasteiger partial charge is 0.464 e. The molecule has 0 rings (SSSR count). The van der Waals surface area contributed by atoms with Gasteiger partial charge in [0.1, 0.15) is 0 Å². The fourth-order valence-electron chi connectivity index (χ4n) is 1.25. The van der Waals surface area contributed by atoms with Crippen LogP contribution in [-0.4, -0.2) is 76.6 Å². The molecule has 0 aliphatic heterocycles. The highest BCUT2D eigenvalue weighted by atomic mass is 16.2. The van der Waals surface area contributed by atoms with Crippen molar-refractivity contribution in [2.24, 2.45) is 0 Å². The zero-order chi connectivity index (χ0) is 8.36. The summed E-state index contributed by atoms with van der Waals surface area (Å²) in [7, 11) is 13.0. The second-order valence-corrected chi connectivity index (χ2v) is 3.20. The molecule has 0 spiro atoms. The lowest BCUT2D eigenvalue weighted by molar-refractivity contribution is 0.621. The third-order valence-electron chi connectivity index (χ3n) is 2.01. The van der Waals surface area contributed by atoms with Gasteiger partial charge in [0.05, 0.1) is 14.8 Å². The van der Waals surface area contributed by atoms with Crippen LogP contribution in [0.15, 0.2) is 0 Å². The smallest absolute Gasteiger partial charge is 0.220 e. The number of rotatable bonds is 8. The fraction of sp³-hybridized carbons (Fsp3) is 0. The molecule has 0 aliphatic carbocycles. The Hall–Kier alpha value is 0.609. The minimum Gasteiger partial charge on any atom is -0.464 e. The van der Waals surface area contributed by atoms with Crippen LogP contribution in [0.25, 0.3) is 0 Å². The highest BCUT2D eigenvalue weighted by molar-refractivity contribution is 7.68. The lowest BCUT2D eigenvalue weighted by atomic mass is 8.89. The van der Waals surface area contributed by atoms with E-state index in [0.717, 1.165) is 7.06 Å². The van der Waals surface area contributed by atoms with Crippen LogP contribution in [0, 0.1) is 0 Å². The first-order valence-corrected chi connectivity index (χ1v) is 5.02. The molecule has 0 unspecified atom stereocenters. The van der Waals surface area contributed by atoms with Crippen molar-refractivity contribution in [2.75, 3.05) is 0 Å². The van der Waals surface area contributed by atoms with Crippen LogP contribution >= 0.6 is 0 Å². The van der Waals surface area contributed by atoms with Gasteiger partial charge in [-0.1, -0.05) is 0 Å². The van der Waals surface area contributed by atoms with Crippen molar-refractivity contribution < 1.29 is 5.02 Å². The maximum atomic E-state index is 8.51. The Balaban J connectivity index is 2.69. The summed E-state index contributed by atoms with van der Waals surface area (Å²) in [6, 6.07) is 0. The summed E-state index contributed by atoms with van der Waals surface area (Å²) in [6.45, 7) is 0. The Morgan fingerprint density at radius 3 is 1.64 bits per heavy atom. The quantitative estimate of drug-likeness (QED) is 0.260. The maximum absolute atomic E-state index is 8.51. The molecule has 0 aliphatic rings. The van der Waals surface area contributed by atoms with Crippen molar-refractivity contribution in [3.63, 3.8) is 0 Å². The molecule has 0 aromatic rings. The van der Waals surface area contributed by atoms with Crippen LogP contribution in [0.5, 0.6) is 0 Å². The first kappa shape index (κ1) is 11.6. The zero-order valence-corrected chi connectivity index (χ0v) is 7.81. The molecule has 0 atom stereocenters. The van der Waals surface area contributed by atoms with Crippen LogP contribution in [-0.2, 0) is 0 Å². The van der Waals surface area contributed by atoms with Gasteiger partial charge in [-0.2, -0.15) is 0 Å². The zero-order valence-electron chi connectivity index (χ0n) is 7.81. The molecular formula is H12B10O. The number of hydrogen-bond donors (Lipinski definition) is 1. The third-order valence-corrected chi connectivity index (χ3v) is 2.01. The van der Waals surface area contributed by atoms with E-state index in [2.05, 4.69) is 7.74 Å². The van der Waals surface area contributed by atoms with E-state index in [-0.39, 0.29) is 0 Å². The summed E-state index contributed by atoms with van der Waals surface area (Å²) in [4.78, 5) is 0. The summed E-state index contributed by atoms with van der Waals surface area (Å²) in [5, 5.41) is 8.51. The van der Waals surface area contributed by atoms with E-state index in [1.165, 1.54) is 49.4 Å². The lowest BCUT2D eigenvalue weighted by Gasteiger charge is -1.89. The molecule has 0 bridgehead atoms. The summed E-state index contributed by atoms with van der Waals surface area (Å²) < 4.78 is 0. The minimum absolute atomic E-state index is 0.370. The third kappa shape index (κ3) is 10.6. The molecule has 1 N–H and O–H groups in total. The van der Waals surface area contributed by atoms with Crippen LogP contribution in [0.1, 0.15) is 0 Å². The molecule has 0 radical (unpaired) electrons. The first-order valence-electron chi connectivity index (χ1n) is 5.02. The van der Waals surface area contributed by atoms with Gasteiger partial charge < -0.3 is 5.02 Å². The Bertz CT molecular complexity index is 53.9. The topological polar surface area (TPSA) is 20.2 Å². The normalized spacial score (nSPS) is 7.00. The Morgan fingerprint density at radius 2 is 1.18 bits per heavy atom. The molecule has 11 heteroatoms. The summed E-state index contributed by atoms with van der Waals surface area (Å²) in [6.07, 6.45) is 0. The van der Waals surface area contributed by atoms with Crippen LogP contribution < -0.4 is 0 Å². The fourth-order valence-corrected chi connectivity index (χ4v) is 1.25. The van der Waals surface area contributed by atoms with Gasteiger partial charge >= 0.3 is 0 Å². The molecule has 11 heavy (non-hydrogen) atoms. The van der Waals surface area contributed by atoms with Gasteiger partial charge in [-0.25, -0.2) is 0 Å². The van der Waals surface area contributed by atoms with Gasteiger partial charge in [0.25, 0.3) is 0 Å². The van der Waals surface area contributed by atoms with Crippen molar-refractivity contribution in [3.8, 4) is 0 Å². The average molecular weight is 136 g/mol. The standard InChI is InChI=1S/B10H12O/c1-2-3-4-5-6-7-8-9-10-11/h2-11H,1H2. The van der Waals surface area contributed by atoms with Crippen molar-refractivity contribution in [3.05, 3.63) is 0 Å². The summed E-state index contributed by atoms with van der Waals surface area (Å²) in [5.74, 6) is 0. The van der Waals surface area contributed by atoms with Gasteiger partial charge in [0.15, 0.2) is 0 Å². The van der Waals surface area contributed by atoms with Gasteiger partial charge in [0, 0.05) is 49.4 Å². The minimum atomic E-state index is 0.370. The highest BCUT2D eigenvalue weighted by Gasteiger charge is 1.99. The van der Waals surface area contributed by atoms with Crippen molar-refractivity contribution >= 4 is 71.6 Å². The van der Waals surface area contributed by atoms with Crippen LogP contribution in [0.2, 0.25) is 0 Å². The average Bonchev–Trinajstić information content (AvgIpc) is 2.03. The van der Waals surface area contributed by atoms with Crippen molar-refractivity contribution in [2.45, 2.75) is 0 Å². The molecule has 0 heterocycles. The maximum Gasteiger partial charge on any atom is 0.220 e. The van der Waals surface area contributed by atoms with E-state index in [1.54, 1.807) is 0 Å². The molecular weight excluding hydrogens is 124 g/mol. The van der Waals surface area contributed by atoms with Crippen LogP contribution in [0.4, 0.5) is 0 Å². The van der Waals surface area contributed by atoms with Gasteiger partial charge in [-0.15, -0.1) is 0 Å². The number of hydrogen-bond acceptors (Lipinski definition) is 1. The van der Waals surface area contributed by atoms with Crippen molar-refractivity contribution in [1.29, 1.82) is 0 Å². The predicted octanol–water partition coefficient (Wildman–Crippen LogP) is -7.31. The lowest BCUT2D eigenvalue weighted by Crippen LogP contribution is -2.31. The molecule has 0 saturated heterocycles. The van der Waals surface area contributed by atoms with E-state index in [1.807, 2.05) is 0 Å². The molecule has 0 amide bonds. The van der Waals surface area contributed by atoms with E-state index < -0.39 is 0 Å². The monoisotopic (exact) mass is 138 g/mol. The molecule has 0 aromatic heterocycles. The van der Waals surface area contributed by atoms with E-state index >= 15 is 0 Å². The molecule has 0 saturated carbocycles. The summed E-state index contributed by atoms with van der Waals surface area (Å²) in [5.41, 5.74) is 0. The first-order chi connectivity index (χ1) is 5.41. The second kappa shape index (κ2) is 10.6. The van der Waals surface area contributed by atoms with Gasteiger partial charge in [-0.05, 0) is 0 Å². The SMILES string of the molecule is BBBBBBBBBBO. The van der Waals surface area contributed by atoms with E-state index in [4.69, 9.17) is 5.02 Å². The molecule has 0 fully saturated rings. The van der Waals surface area contributed by atoms with E-state index in [9.17, 15) is 0 Å². The Kier molecular flexibility index (Phi) is 11.2. The van der Waals surface area contributed by atoms with Gasteiger partial charge in [-0.3, -0.25) is 0 Å². The van der Waals surface area contributed by atoms with E-state index in [0.29, 0.717) is 7.37 Å². The van der Waals surface area contributed by atoms with Crippen molar-refractivity contribution in [1.82, 2.24) is 0 Å². The summed E-state index contributed by atoms with van der Waals surface area (Å²) >= 11 is 0.